The Morgan fingerprint density at radius 1 is 0.857 bits per heavy atom. The van der Waals surface area contributed by atoms with Gasteiger partial charge in [0.2, 0.25) is 0 Å². The molecular weight excluding hydrogens is 288 g/mol. The van der Waals surface area contributed by atoms with Crippen LogP contribution in [0.5, 0.6) is 0 Å². The topological polar surface area (TPSA) is 107 Å². The third kappa shape index (κ3) is 7.23. The first-order valence-electron chi connectivity index (χ1n) is 6.47. The average molecular weight is 306 g/mol. The van der Waals surface area contributed by atoms with Crippen LogP contribution in [0, 0.1) is 0 Å². The van der Waals surface area contributed by atoms with Crippen molar-refractivity contribution in [2.75, 3.05) is 26.4 Å². The number of rotatable bonds is 1. The summed E-state index contributed by atoms with van der Waals surface area (Å²) in [6.07, 6.45) is -0.833. The summed E-state index contributed by atoms with van der Waals surface area (Å²) in [5.41, 5.74) is 0. The highest BCUT2D eigenvalue weighted by Crippen LogP contribution is 2.07. The molecule has 9 heteroatoms. The fourth-order valence-electron chi connectivity index (χ4n) is 1.28. The zero-order valence-electron chi connectivity index (χ0n) is 11.9. The minimum Gasteiger partial charge on any atom is -0.431 e. The Morgan fingerprint density at radius 2 is 1.43 bits per heavy atom. The van der Waals surface area contributed by atoms with Gasteiger partial charge in [0.05, 0.1) is 0 Å². The van der Waals surface area contributed by atoms with Crippen LogP contribution in [0.25, 0.3) is 0 Å². The van der Waals surface area contributed by atoms with Crippen LogP contribution in [-0.2, 0) is 28.4 Å². The zero-order chi connectivity index (χ0) is 15.7. The van der Waals surface area contributed by atoms with E-state index in [9.17, 15) is 14.4 Å². The second kappa shape index (κ2) is 8.88. The normalized spacial score (nSPS) is 25.7. The van der Waals surface area contributed by atoms with Gasteiger partial charge >= 0.3 is 18.5 Å². The monoisotopic (exact) mass is 306 g/mol. The average Bonchev–Trinajstić information content (AvgIpc) is 3.16. The van der Waals surface area contributed by atoms with Crippen LogP contribution in [0.15, 0.2) is 0 Å². The van der Waals surface area contributed by atoms with Crippen LogP contribution in [0.1, 0.15) is 20.3 Å². The van der Waals surface area contributed by atoms with Gasteiger partial charge in [-0.3, -0.25) is 0 Å². The van der Waals surface area contributed by atoms with E-state index in [0.29, 0.717) is 26.4 Å². The van der Waals surface area contributed by atoms with E-state index in [1.807, 2.05) is 6.92 Å². The molecule has 0 aromatic carbocycles. The largest absolute Gasteiger partial charge is 0.508 e. The molecule has 0 radical (unpaired) electrons. The molecule has 3 aliphatic rings. The molecule has 21 heavy (non-hydrogen) atoms. The zero-order valence-corrected chi connectivity index (χ0v) is 11.9. The summed E-state index contributed by atoms with van der Waals surface area (Å²) in [5, 5.41) is 0. The lowest BCUT2D eigenvalue weighted by molar-refractivity contribution is 0.117. The number of carbonyl (C=O) groups excluding carboxylic acids is 3. The van der Waals surface area contributed by atoms with E-state index < -0.39 is 18.5 Å². The molecule has 3 fully saturated rings. The van der Waals surface area contributed by atoms with Crippen molar-refractivity contribution < 1.29 is 42.8 Å². The van der Waals surface area contributed by atoms with Crippen molar-refractivity contribution in [3.63, 3.8) is 0 Å². The van der Waals surface area contributed by atoms with Crippen LogP contribution >= 0.6 is 0 Å². The minimum absolute atomic E-state index is 0.00231. The maximum atomic E-state index is 10.2. The Hall–Kier alpha value is -2.19. The standard InChI is InChI=1S/C5H8O3.C4H6O3.C3H4O3/c1-2-4-3-7-5(6)8-4;1-3-2-6-4(5)7-3;4-3-5-1-2-6-3/h4H,2-3H2,1H3;3H,2H2,1H3;1-2H2. The van der Waals surface area contributed by atoms with Crippen molar-refractivity contribution in [1.29, 1.82) is 0 Å². The van der Waals surface area contributed by atoms with Gasteiger partial charge < -0.3 is 28.4 Å². The summed E-state index contributed by atoms with van der Waals surface area (Å²) in [4.78, 5) is 30.0. The van der Waals surface area contributed by atoms with Crippen LogP contribution in [0.3, 0.4) is 0 Å². The van der Waals surface area contributed by atoms with Crippen molar-refractivity contribution in [2.45, 2.75) is 32.5 Å². The quantitative estimate of drug-likeness (QED) is 0.527. The first kappa shape index (κ1) is 16.9. The Bertz CT molecular complexity index is 360. The molecule has 0 saturated carbocycles. The Labute approximate surface area is 121 Å². The molecule has 0 aromatic heterocycles. The van der Waals surface area contributed by atoms with Gasteiger partial charge in [0.1, 0.15) is 38.6 Å². The van der Waals surface area contributed by atoms with E-state index in [1.165, 1.54) is 0 Å². The number of hydrogen-bond acceptors (Lipinski definition) is 9. The van der Waals surface area contributed by atoms with Gasteiger partial charge in [-0.25, -0.2) is 14.4 Å². The van der Waals surface area contributed by atoms with Crippen LogP contribution < -0.4 is 0 Å². The van der Waals surface area contributed by atoms with Gasteiger partial charge in [0.25, 0.3) is 0 Å². The SMILES string of the molecule is CC1COC(=O)O1.CCC1COC(=O)O1.O=C1OCCO1. The maximum Gasteiger partial charge on any atom is 0.508 e. The second-order valence-corrected chi connectivity index (χ2v) is 4.15. The summed E-state index contributed by atoms with van der Waals surface area (Å²) in [7, 11) is 0. The van der Waals surface area contributed by atoms with Crippen LogP contribution in [0.4, 0.5) is 14.4 Å². The lowest BCUT2D eigenvalue weighted by atomic mass is 10.3. The summed E-state index contributed by atoms with van der Waals surface area (Å²) in [5.74, 6) is 0. The molecule has 0 aliphatic carbocycles. The highest BCUT2D eigenvalue weighted by molar-refractivity contribution is 5.62. The lowest BCUT2D eigenvalue weighted by Crippen LogP contribution is -2.06. The van der Waals surface area contributed by atoms with Gasteiger partial charge in [-0.15, -0.1) is 0 Å². The van der Waals surface area contributed by atoms with Crippen LogP contribution in [0.2, 0.25) is 0 Å². The molecule has 3 heterocycles. The molecule has 3 saturated heterocycles. The third-order valence-electron chi connectivity index (χ3n) is 2.36. The molecule has 3 rings (SSSR count). The maximum absolute atomic E-state index is 10.2. The lowest BCUT2D eigenvalue weighted by Gasteiger charge is -1.97. The van der Waals surface area contributed by atoms with E-state index in [0.717, 1.165) is 6.42 Å². The van der Waals surface area contributed by atoms with Gasteiger partial charge in [0.15, 0.2) is 0 Å². The molecule has 0 amide bonds. The van der Waals surface area contributed by atoms with Gasteiger partial charge in [0, 0.05) is 0 Å². The number of hydrogen-bond donors (Lipinski definition) is 0. The molecule has 0 bridgehead atoms. The molecule has 0 N–H and O–H groups in total. The van der Waals surface area contributed by atoms with E-state index in [1.54, 1.807) is 6.92 Å². The van der Waals surface area contributed by atoms with E-state index in [4.69, 9.17) is 0 Å². The van der Waals surface area contributed by atoms with Crippen molar-refractivity contribution >= 4 is 18.5 Å². The molecule has 120 valence electrons. The van der Waals surface area contributed by atoms with Crippen molar-refractivity contribution in [3.05, 3.63) is 0 Å². The highest BCUT2D eigenvalue weighted by Gasteiger charge is 2.22. The first-order valence-corrected chi connectivity index (χ1v) is 6.47. The molecule has 2 unspecified atom stereocenters. The molecule has 2 atom stereocenters. The fourth-order valence-corrected chi connectivity index (χ4v) is 1.28. The number of carbonyl (C=O) groups is 3. The minimum atomic E-state index is -0.549. The first-order chi connectivity index (χ1) is 10.0. The molecule has 0 spiro atoms. The van der Waals surface area contributed by atoms with Gasteiger partial charge in [-0.05, 0) is 13.3 Å². The third-order valence-corrected chi connectivity index (χ3v) is 2.36. The predicted octanol–water partition coefficient (Wildman–Crippen LogP) is 1.63. The van der Waals surface area contributed by atoms with Crippen LogP contribution in [-0.4, -0.2) is 57.1 Å². The highest BCUT2D eigenvalue weighted by atomic mass is 16.8. The van der Waals surface area contributed by atoms with Crippen molar-refractivity contribution in [3.8, 4) is 0 Å². The Kier molecular flexibility index (Phi) is 7.13. The molecule has 0 aromatic rings. The Balaban J connectivity index is 0.000000159. The molecule has 9 nitrogen and oxygen atoms in total. The van der Waals surface area contributed by atoms with E-state index >= 15 is 0 Å². The van der Waals surface area contributed by atoms with Crippen molar-refractivity contribution in [1.82, 2.24) is 0 Å². The second-order valence-electron chi connectivity index (χ2n) is 4.15. The summed E-state index contributed by atoms with van der Waals surface area (Å²) < 4.78 is 26.6. The van der Waals surface area contributed by atoms with Gasteiger partial charge in [-0.1, -0.05) is 6.92 Å². The Morgan fingerprint density at radius 3 is 1.62 bits per heavy atom. The van der Waals surface area contributed by atoms with Crippen molar-refractivity contribution in [2.24, 2.45) is 0 Å². The number of ether oxygens (including phenoxy) is 6. The fraction of sp³-hybridized carbons (Fsp3) is 0.750. The summed E-state index contributed by atoms with van der Waals surface area (Å²) in [6, 6.07) is 0. The smallest absolute Gasteiger partial charge is 0.431 e. The molecule has 3 aliphatic heterocycles. The predicted molar refractivity (Wildman–Crippen MR) is 65.7 cm³/mol. The summed E-state index contributed by atoms with van der Waals surface area (Å²) in [6.45, 7) is 5.39. The van der Waals surface area contributed by atoms with E-state index in [-0.39, 0.29) is 12.2 Å². The molecular formula is C12H18O9. The van der Waals surface area contributed by atoms with Gasteiger partial charge in [-0.2, -0.15) is 0 Å². The number of cyclic esters (lactones) is 6. The van der Waals surface area contributed by atoms with E-state index in [2.05, 4.69) is 28.4 Å². The summed E-state index contributed by atoms with van der Waals surface area (Å²) >= 11 is 0.